The van der Waals surface area contributed by atoms with Gasteiger partial charge in [0.1, 0.15) is 0 Å². The summed E-state index contributed by atoms with van der Waals surface area (Å²) in [5.74, 6) is 0. The second-order valence-corrected chi connectivity index (χ2v) is 5.29. The van der Waals surface area contributed by atoms with Crippen molar-refractivity contribution in [3.63, 3.8) is 0 Å². The van der Waals surface area contributed by atoms with E-state index in [1.54, 1.807) is 27.7 Å². The van der Waals surface area contributed by atoms with E-state index >= 15 is 0 Å². The maximum Gasteiger partial charge on any atom is 0.456 e. The summed E-state index contributed by atoms with van der Waals surface area (Å²) in [6.45, 7) is 6.31. The summed E-state index contributed by atoms with van der Waals surface area (Å²) in [5, 5.41) is 35.3. The zero-order chi connectivity index (χ0) is 14.4. The first-order chi connectivity index (χ1) is 8.04. The van der Waals surface area contributed by atoms with Crippen LogP contribution < -0.4 is 0 Å². The van der Waals surface area contributed by atoms with Crippen molar-refractivity contribution in [1.82, 2.24) is 0 Å². The smallest absolute Gasteiger partial charge is 0.427 e. The second kappa shape index (κ2) is 6.90. The molecule has 0 aliphatic carbocycles. The zero-order valence-corrected chi connectivity index (χ0v) is 11.5. The van der Waals surface area contributed by atoms with E-state index in [4.69, 9.17) is 20.3 Å². The third kappa shape index (κ3) is 7.45. The van der Waals surface area contributed by atoms with Crippen LogP contribution in [0.5, 0.6) is 0 Å². The van der Waals surface area contributed by atoms with Crippen molar-refractivity contribution >= 4 is 7.12 Å². The Labute approximate surface area is 109 Å². The van der Waals surface area contributed by atoms with E-state index in [1.807, 2.05) is 30.3 Å². The van der Waals surface area contributed by atoms with Crippen molar-refractivity contribution in [3.05, 3.63) is 35.9 Å². The maximum atomic E-state index is 9.10. The molecule has 0 unspecified atom stereocenters. The lowest BCUT2D eigenvalue weighted by molar-refractivity contribution is -0.107. The molecule has 4 N–H and O–H groups in total. The van der Waals surface area contributed by atoms with E-state index in [-0.39, 0.29) is 0 Å². The van der Waals surface area contributed by atoms with E-state index < -0.39 is 18.3 Å². The van der Waals surface area contributed by atoms with Crippen molar-refractivity contribution in [1.29, 1.82) is 0 Å². The summed E-state index contributed by atoms with van der Waals surface area (Å²) in [5.41, 5.74) is -1.07. The van der Waals surface area contributed by atoms with Crippen LogP contribution in [0.2, 0.25) is 0 Å². The third-order valence-electron chi connectivity index (χ3n) is 2.76. The molecule has 0 spiro atoms. The zero-order valence-electron chi connectivity index (χ0n) is 11.5. The average molecular weight is 254 g/mol. The molecule has 0 bridgehead atoms. The van der Waals surface area contributed by atoms with E-state index in [2.05, 4.69) is 0 Å². The fourth-order valence-corrected chi connectivity index (χ4v) is 0.825. The molecule has 102 valence electrons. The lowest BCUT2D eigenvalue weighted by atomic mass is 9.82. The number of aliphatic hydroxyl groups is 2. The van der Waals surface area contributed by atoms with Crippen LogP contribution in [0, 0.1) is 0 Å². The van der Waals surface area contributed by atoms with Crippen molar-refractivity contribution in [3.8, 4) is 0 Å². The molecule has 0 aliphatic heterocycles. The number of rotatable bonds is 3. The van der Waals surface area contributed by atoms with E-state index in [1.165, 1.54) is 0 Å². The molecule has 1 aromatic carbocycles. The SMILES string of the molecule is CC(C)(O)C(C)(C)O.OB(O)Cc1ccccc1. The molecular formula is C13H23BO4. The highest BCUT2D eigenvalue weighted by Crippen LogP contribution is 2.19. The fraction of sp³-hybridized carbons (Fsp3) is 0.538. The van der Waals surface area contributed by atoms with Crippen LogP contribution in [-0.4, -0.2) is 38.6 Å². The Morgan fingerprint density at radius 3 is 1.56 bits per heavy atom. The molecule has 0 aliphatic rings. The molecule has 4 nitrogen and oxygen atoms in total. The predicted octanol–water partition coefficient (Wildman–Crippen LogP) is 0.769. The summed E-state index contributed by atoms with van der Waals surface area (Å²) in [7, 11) is -1.23. The van der Waals surface area contributed by atoms with Crippen molar-refractivity contribution in [2.45, 2.75) is 45.2 Å². The largest absolute Gasteiger partial charge is 0.456 e. The Morgan fingerprint density at radius 1 is 0.889 bits per heavy atom. The van der Waals surface area contributed by atoms with Gasteiger partial charge < -0.3 is 20.3 Å². The minimum absolute atomic E-state index is 0.306. The van der Waals surface area contributed by atoms with Crippen LogP contribution in [0.4, 0.5) is 0 Å². The monoisotopic (exact) mass is 254 g/mol. The van der Waals surface area contributed by atoms with Crippen molar-refractivity contribution in [2.24, 2.45) is 0 Å². The minimum atomic E-state index is -1.23. The van der Waals surface area contributed by atoms with Gasteiger partial charge in [-0.2, -0.15) is 0 Å². The van der Waals surface area contributed by atoms with Crippen molar-refractivity contribution < 1.29 is 20.3 Å². The van der Waals surface area contributed by atoms with Gasteiger partial charge in [0.25, 0.3) is 0 Å². The van der Waals surface area contributed by atoms with Crippen LogP contribution in [0.15, 0.2) is 30.3 Å². The van der Waals surface area contributed by atoms with Crippen LogP contribution in [0.1, 0.15) is 33.3 Å². The standard InChI is InChI=1S/C7H9BO2.C6H14O2/c9-8(10)6-7-4-2-1-3-5-7;1-5(2,7)6(3,4)8/h1-5,9-10H,6H2;7-8H,1-4H3. The highest BCUT2D eigenvalue weighted by atomic mass is 16.4. The molecule has 0 amide bonds. The molecule has 0 radical (unpaired) electrons. The lowest BCUT2D eigenvalue weighted by Gasteiger charge is -2.31. The van der Waals surface area contributed by atoms with Crippen molar-refractivity contribution in [2.75, 3.05) is 0 Å². The molecule has 18 heavy (non-hydrogen) atoms. The van der Waals surface area contributed by atoms with Gasteiger partial charge in [0, 0.05) is 6.32 Å². The molecule has 0 heterocycles. The Morgan fingerprint density at radius 2 is 1.28 bits per heavy atom. The van der Waals surface area contributed by atoms with Crippen LogP contribution in [-0.2, 0) is 6.32 Å². The Hall–Kier alpha value is -0.875. The molecule has 0 aromatic heterocycles. The van der Waals surface area contributed by atoms with E-state index in [9.17, 15) is 0 Å². The van der Waals surface area contributed by atoms with Crippen LogP contribution in [0.3, 0.4) is 0 Å². The van der Waals surface area contributed by atoms with E-state index in [0.29, 0.717) is 6.32 Å². The highest BCUT2D eigenvalue weighted by Gasteiger charge is 2.31. The van der Waals surface area contributed by atoms with Crippen LogP contribution in [0.25, 0.3) is 0 Å². The quantitative estimate of drug-likeness (QED) is 0.600. The molecule has 1 aromatic rings. The Kier molecular flexibility index (Phi) is 6.56. The molecular weight excluding hydrogens is 231 g/mol. The van der Waals surface area contributed by atoms with Crippen LogP contribution >= 0.6 is 0 Å². The molecule has 0 atom stereocenters. The van der Waals surface area contributed by atoms with Gasteiger partial charge in [0.05, 0.1) is 11.2 Å². The summed E-state index contributed by atoms with van der Waals surface area (Å²) in [4.78, 5) is 0. The van der Waals surface area contributed by atoms with Gasteiger partial charge in [-0.15, -0.1) is 0 Å². The van der Waals surface area contributed by atoms with Gasteiger partial charge in [-0.05, 0) is 27.7 Å². The normalized spacial score (nSPS) is 11.6. The third-order valence-corrected chi connectivity index (χ3v) is 2.76. The van der Waals surface area contributed by atoms with E-state index in [0.717, 1.165) is 5.56 Å². The molecule has 0 fully saturated rings. The predicted molar refractivity (Wildman–Crippen MR) is 72.9 cm³/mol. The first-order valence-electron chi connectivity index (χ1n) is 5.89. The number of hydrogen-bond acceptors (Lipinski definition) is 4. The fourth-order valence-electron chi connectivity index (χ4n) is 0.825. The van der Waals surface area contributed by atoms with Gasteiger partial charge >= 0.3 is 7.12 Å². The lowest BCUT2D eigenvalue weighted by Crippen LogP contribution is -2.44. The topological polar surface area (TPSA) is 80.9 Å². The van der Waals surface area contributed by atoms with Gasteiger partial charge in [-0.3, -0.25) is 0 Å². The Balaban J connectivity index is 0.000000331. The first-order valence-corrected chi connectivity index (χ1v) is 5.89. The van der Waals surface area contributed by atoms with Gasteiger partial charge in [0.2, 0.25) is 0 Å². The van der Waals surface area contributed by atoms with Gasteiger partial charge in [0.15, 0.2) is 0 Å². The Bertz CT molecular complexity index is 313. The maximum absolute atomic E-state index is 9.10. The van der Waals surface area contributed by atoms with Gasteiger partial charge in [-0.25, -0.2) is 0 Å². The first kappa shape index (κ1) is 17.1. The summed E-state index contributed by atoms with van der Waals surface area (Å²) >= 11 is 0. The molecule has 0 saturated heterocycles. The van der Waals surface area contributed by atoms with Gasteiger partial charge in [-0.1, -0.05) is 35.9 Å². The highest BCUT2D eigenvalue weighted by molar-refractivity contribution is 6.40. The number of benzene rings is 1. The minimum Gasteiger partial charge on any atom is -0.427 e. The molecule has 1 rings (SSSR count). The average Bonchev–Trinajstić information content (AvgIpc) is 2.15. The second-order valence-electron chi connectivity index (χ2n) is 5.29. The summed E-state index contributed by atoms with van der Waals surface area (Å²) in [6, 6.07) is 9.36. The molecule has 0 saturated carbocycles. The number of hydrogen-bond donors (Lipinski definition) is 4. The molecule has 5 heteroatoms. The summed E-state index contributed by atoms with van der Waals surface area (Å²) < 4.78 is 0. The summed E-state index contributed by atoms with van der Waals surface area (Å²) in [6.07, 6.45) is 0.306.